The Morgan fingerprint density at radius 3 is 3.08 bits per heavy atom. The average molecular weight is 319 g/mol. The SMILES string of the molecule is C#Cc1ccc2nc(C3=CC=NCC=N3)nc(NCCOC)c2c1. The molecule has 1 aromatic carbocycles. The predicted octanol–water partition coefficient (Wildman–Crippen LogP) is 2.17. The van der Waals surface area contributed by atoms with Gasteiger partial charge in [-0.15, -0.1) is 6.42 Å². The maximum absolute atomic E-state index is 5.50. The number of hydrogen-bond donors (Lipinski definition) is 1. The number of nitrogens with zero attached hydrogens (tertiary/aromatic N) is 4. The van der Waals surface area contributed by atoms with E-state index in [0.717, 1.165) is 16.5 Å². The molecule has 0 atom stereocenters. The van der Waals surface area contributed by atoms with Gasteiger partial charge in [0.15, 0.2) is 5.82 Å². The molecule has 0 bridgehead atoms. The molecule has 2 heterocycles. The summed E-state index contributed by atoms with van der Waals surface area (Å²) in [5.41, 5.74) is 2.26. The molecule has 1 aromatic heterocycles. The van der Waals surface area contributed by atoms with Gasteiger partial charge < -0.3 is 10.1 Å². The first-order chi connectivity index (χ1) is 11.8. The molecule has 3 rings (SSSR count). The molecule has 0 spiro atoms. The number of nitrogens with one attached hydrogen (secondary N) is 1. The van der Waals surface area contributed by atoms with Crippen molar-refractivity contribution in [1.82, 2.24) is 9.97 Å². The van der Waals surface area contributed by atoms with Crippen molar-refractivity contribution in [3.05, 3.63) is 35.7 Å². The molecule has 0 saturated heterocycles. The number of aromatic nitrogens is 2. The van der Waals surface area contributed by atoms with E-state index in [1.807, 2.05) is 18.2 Å². The van der Waals surface area contributed by atoms with Crippen LogP contribution in [0.15, 0.2) is 34.3 Å². The van der Waals surface area contributed by atoms with Crippen LogP contribution in [0.5, 0.6) is 0 Å². The van der Waals surface area contributed by atoms with Crippen molar-refractivity contribution in [2.45, 2.75) is 0 Å². The first-order valence-electron chi connectivity index (χ1n) is 7.56. The van der Waals surface area contributed by atoms with E-state index in [9.17, 15) is 0 Å². The minimum absolute atomic E-state index is 0.542. The Bertz CT molecular complexity index is 877. The molecule has 0 amide bonds. The summed E-state index contributed by atoms with van der Waals surface area (Å²) in [6.07, 6.45) is 10.8. The topological polar surface area (TPSA) is 71.8 Å². The van der Waals surface area contributed by atoms with Crippen LogP contribution < -0.4 is 5.32 Å². The van der Waals surface area contributed by atoms with Crippen LogP contribution in [0.3, 0.4) is 0 Å². The summed E-state index contributed by atoms with van der Waals surface area (Å²) in [5, 5.41) is 4.15. The molecule has 0 radical (unpaired) electrons. The van der Waals surface area contributed by atoms with E-state index in [1.54, 1.807) is 25.6 Å². The molecule has 1 N–H and O–H groups in total. The van der Waals surface area contributed by atoms with Gasteiger partial charge in [0.2, 0.25) is 0 Å². The second-order valence-electron chi connectivity index (χ2n) is 5.07. The van der Waals surface area contributed by atoms with Crippen LogP contribution in [-0.2, 0) is 4.74 Å². The van der Waals surface area contributed by atoms with Crippen molar-refractivity contribution in [1.29, 1.82) is 0 Å². The van der Waals surface area contributed by atoms with Gasteiger partial charge in [-0.2, -0.15) is 0 Å². The summed E-state index contributed by atoms with van der Waals surface area (Å²) >= 11 is 0. The summed E-state index contributed by atoms with van der Waals surface area (Å²) < 4.78 is 5.09. The van der Waals surface area contributed by atoms with Gasteiger partial charge in [-0.1, -0.05) is 5.92 Å². The number of terminal acetylenes is 1. The molecule has 0 fully saturated rings. The van der Waals surface area contributed by atoms with Crippen molar-refractivity contribution in [3.8, 4) is 12.3 Å². The van der Waals surface area contributed by atoms with Crippen LogP contribution in [0, 0.1) is 12.3 Å². The molecule has 120 valence electrons. The third-order valence-electron chi connectivity index (χ3n) is 3.45. The highest BCUT2D eigenvalue weighted by molar-refractivity contribution is 5.93. The lowest BCUT2D eigenvalue weighted by Crippen LogP contribution is -2.11. The maximum atomic E-state index is 5.50. The average Bonchev–Trinajstić information content (AvgIpc) is 2.90. The highest BCUT2D eigenvalue weighted by atomic mass is 16.5. The Morgan fingerprint density at radius 2 is 2.25 bits per heavy atom. The fourth-order valence-corrected chi connectivity index (χ4v) is 2.28. The second-order valence-corrected chi connectivity index (χ2v) is 5.07. The maximum Gasteiger partial charge on any atom is 0.180 e. The first-order valence-corrected chi connectivity index (χ1v) is 7.56. The van der Waals surface area contributed by atoms with Crippen molar-refractivity contribution in [2.75, 3.05) is 32.1 Å². The summed E-state index contributed by atoms with van der Waals surface area (Å²) in [7, 11) is 1.66. The molecular weight excluding hydrogens is 302 g/mol. The Labute approximate surface area is 140 Å². The van der Waals surface area contributed by atoms with Crippen LogP contribution >= 0.6 is 0 Å². The zero-order valence-corrected chi connectivity index (χ0v) is 13.4. The number of allylic oxidation sites excluding steroid dienone is 1. The molecule has 6 heteroatoms. The Hall–Kier alpha value is -3.04. The van der Waals surface area contributed by atoms with Crippen LogP contribution in [0.4, 0.5) is 5.82 Å². The Morgan fingerprint density at radius 1 is 1.33 bits per heavy atom. The van der Waals surface area contributed by atoms with Crippen molar-refractivity contribution in [2.24, 2.45) is 9.98 Å². The summed E-state index contributed by atoms with van der Waals surface area (Å²) in [5.74, 6) is 3.89. The van der Waals surface area contributed by atoms with Gasteiger partial charge >= 0.3 is 0 Å². The lowest BCUT2D eigenvalue weighted by Gasteiger charge is -2.11. The number of hydrogen-bond acceptors (Lipinski definition) is 6. The normalized spacial score (nSPS) is 13.4. The molecule has 0 saturated carbocycles. The van der Waals surface area contributed by atoms with Crippen molar-refractivity contribution >= 4 is 34.8 Å². The number of ether oxygens (including phenoxy) is 1. The van der Waals surface area contributed by atoms with Crippen LogP contribution in [0.2, 0.25) is 0 Å². The fraction of sp³-hybridized carbons (Fsp3) is 0.222. The number of methoxy groups -OCH3 is 1. The van der Waals surface area contributed by atoms with E-state index in [2.05, 4.69) is 31.2 Å². The molecular formula is C18H17N5O. The summed E-state index contributed by atoms with van der Waals surface area (Å²) in [6, 6.07) is 5.66. The number of benzene rings is 1. The first kappa shape index (κ1) is 15.8. The quantitative estimate of drug-likeness (QED) is 0.677. The monoisotopic (exact) mass is 319 g/mol. The number of anilines is 1. The molecule has 0 aliphatic carbocycles. The van der Waals surface area contributed by atoms with E-state index in [-0.39, 0.29) is 0 Å². The van der Waals surface area contributed by atoms with Gasteiger partial charge in [0.1, 0.15) is 11.5 Å². The fourth-order valence-electron chi connectivity index (χ4n) is 2.28. The third-order valence-corrected chi connectivity index (χ3v) is 3.45. The minimum Gasteiger partial charge on any atom is -0.383 e. The lowest BCUT2D eigenvalue weighted by atomic mass is 10.1. The minimum atomic E-state index is 0.542. The summed E-state index contributed by atoms with van der Waals surface area (Å²) in [4.78, 5) is 17.8. The van der Waals surface area contributed by atoms with E-state index in [0.29, 0.717) is 37.0 Å². The van der Waals surface area contributed by atoms with Crippen molar-refractivity contribution < 1.29 is 4.74 Å². The van der Waals surface area contributed by atoms with E-state index in [4.69, 9.17) is 11.2 Å². The van der Waals surface area contributed by atoms with Gasteiger partial charge in [-0.3, -0.25) is 9.98 Å². The van der Waals surface area contributed by atoms with Crippen molar-refractivity contribution in [3.63, 3.8) is 0 Å². The standard InChI is InChI=1S/C18H17N5O/c1-3-13-4-5-15-14(12-13)17(21-10-11-24-2)23-18(22-15)16-6-7-19-8-9-20-16/h1,4-7,9,12H,8,10-11H2,2H3,(H,21,22,23). The number of fused-ring (bicyclic) bond motifs is 1. The Balaban J connectivity index is 2.10. The van der Waals surface area contributed by atoms with E-state index in [1.165, 1.54) is 0 Å². The van der Waals surface area contributed by atoms with Crippen LogP contribution in [0.1, 0.15) is 11.4 Å². The summed E-state index contributed by atoms with van der Waals surface area (Å²) in [6.45, 7) is 1.76. The number of rotatable bonds is 5. The van der Waals surface area contributed by atoms with Gasteiger partial charge in [0, 0.05) is 37.0 Å². The third kappa shape index (κ3) is 3.47. The molecule has 0 unspecified atom stereocenters. The molecule has 2 aromatic rings. The predicted molar refractivity (Wildman–Crippen MR) is 97.7 cm³/mol. The van der Waals surface area contributed by atoms with Gasteiger partial charge in [-0.05, 0) is 24.3 Å². The zero-order valence-electron chi connectivity index (χ0n) is 13.4. The smallest absolute Gasteiger partial charge is 0.180 e. The Kier molecular flexibility index (Phi) is 4.94. The molecule has 1 aliphatic rings. The van der Waals surface area contributed by atoms with Gasteiger partial charge in [0.05, 0.1) is 18.7 Å². The molecule has 1 aliphatic heterocycles. The van der Waals surface area contributed by atoms with Crippen LogP contribution in [-0.4, -0.2) is 49.2 Å². The van der Waals surface area contributed by atoms with E-state index < -0.39 is 0 Å². The van der Waals surface area contributed by atoms with Gasteiger partial charge in [-0.25, -0.2) is 9.97 Å². The number of aliphatic imine (C=N–C) groups is 2. The second kappa shape index (κ2) is 7.49. The highest BCUT2D eigenvalue weighted by Crippen LogP contribution is 2.24. The van der Waals surface area contributed by atoms with E-state index >= 15 is 0 Å². The van der Waals surface area contributed by atoms with Crippen LogP contribution in [0.25, 0.3) is 16.6 Å². The zero-order chi connectivity index (χ0) is 16.8. The highest BCUT2D eigenvalue weighted by Gasteiger charge is 2.11. The molecule has 6 nitrogen and oxygen atoms in total. The lowest BCUT2D eigenvalue weighted by molar-refractivity contribution is 0.210. The largest absolute Gasteiger partial charge is 0.383 e. The van der Waals surface area contributed by atoms with Gasteiger partial charge in [0.25, 0.3) is 0 Å². The molecule has 24 heavy (non-hydrogen) atoms.